The zero-order chi connectivity index (χ0) is 17.7. The predicted octanol–water partition coefficient (Wildman–Crippen LogP) is 4.38. The van der Waals surface area contributed by atoms with Gasteiger partial charge in [-0.1, -0.05) is 32.9 Å². The molecule has 0 aliphatic heterocycles. The zero-order valence-electron chi connectivity index (χ0n) is 15.0. The van der Waals surface area contributed by atoms with Gasteiger partial charge in [0.2, 0.25) is 5.91 Å². The second-order valence-corrected chi connectivity index (χ2v) is 7.93. The molecule has 1 atom stereocenters. The molecule has 0 saturated heterocycles. The van der Waals surface area contributed by atoms with Gasteiger partial charge < -0.3 is 15.4 Å². The highest BCUT2D eigenvalue weighted by Gasteiger charge is 2.27. The maximum Gasteiger partial charge on any atom is 0.238 e. The maximum absolute atomic E-state index is 12.4. The minimum Gasteiger partial charge on any atom is -0.495 e. The van der Waals surface area contributed by atoms with E-state index in [0.717, 1.165) is 5.56 Å². The molecule has 1 aromatic carbocycles. The van der Waals surface area contributed by atoms with E-state index >= 15 is 0 Å². The molecule has 1 aromatic heterocycles. The Kier molecular flexibility index (Phi) is 6.02. The van der Waals surface area contributed by atoms with Crippen LogP contribution in [0.1, 0.15) is 37.3 Å². The third kappa shape index (κ3) is 4.82. The van der Waals surface area contributed by atoms with Gasteiger partial charge >= 0.3 is 0 Å². The van der Waals surface area contributed by atoms with Gasteiger partial charge in [-0.25, -0.2) is 0 Å². The summed E-state index contributed by atoms with van der Waals surface area (Å²) in [5.74, 6) is 0.587. The second kappa shape index (κ2) is 7.81. The fourth-order valence-electron chi connectivity index (χ4n) is 2.60. The van der Waals surface area contributed by atoms with E-state index < -0.39 is 0 Å². The van der Waals surface area contributed by atoms with Crippen molar-refractivity contribution in [3.63, 3.8) is 0 Å². The fraction of sp³-hybridized carbons (Fsp3) is 0.421. The molecular weight excluding hydrogens is 320 g/mol. The first-order chi connectivity index (χ1) is 11.3. The van der Waals surface area contributed by atoms with Crippen LogP contribution in [0.2, 0.25) is 0 Å². The molecule has 2 N–H and O–H groups in total. The van der Waals surface area contributed by atoms with Crippen LogP contribution in [0.5, 0.6) is 5.75 Å². The number of carbonyl (C=O) groups excluding carboxylic acids is 1. The molecule has 5 heteroatoms. The van der Waals surface area contributed by atoms with Gasteiger partial charge in [0.05, 0.1) is 19.3 Å². The fourth-order valence-corrected chi connectivity index (χ4v) is 3.64. The molecule has 0 saturated carbocycles. The Labute approximate surface area is 148 Å². The van der Waals surface area contributed by atoms with Crippen molar-refractivity contribution in [2.45, 2.75) is 33.7 Å². The Hall–Kier alpha value is -1.85. The SMILES string of the molecule is COc1ccc(C)cc1NC(=O)CNC(c1cccs1)C(C)(C)C. The molecule has 2 aromatic rings. The number of nitrogens with one attached hydrogen (secondary N) is 2. The molecule has 0 radical (unpaired) electrons. The number of amides is 1. The number of aryl methyl sites for hydroxylation is 1. The molecule has 24 heavy (non-hydrogen) atoms. The minimum absolute atomic E-state index is 0.0200. The van der Waals surface area contributed by atoms with Crippen molar-refractivity contribution in [1.82, 2.24) is 5.32 Å². The van der Waals surface area contributed by atoms with Crippen LogP contribution in [0.15, 0.2) is 35.7 Å². The molecule has 1 heterocycles. The molecule has 0 spiro atoms. The summed E-state index contributed by atoms with van der Waals surface area (Å²) in [6.07, 6.45) is 0. The van der Waals surface area contributed by atoms with E-state index in [1.165, 1.54) is 4.88 Å². The lowest BCUT2D eigenvalue weighted by molar-refractivity contribution is -0.115. The van der Waals surface area contributed by atoms with Crippen molar-refractivity contribution in [3.8, 4) is 5.75 Å². The van der Waals surface area contributed by atoms with Crippen LogP contribution < -0.4 is 15.4 Å². The van der Waals surface area contributed by atoms with Gasteiger partial charge in [-0.3, -0.25) is 4.79 Å². The summed E-state index contributed by atoms with van der Waals surface area (Å²) in [7, 11) is 1.60. The topological polar surface area (TPSA) is 50.4 Å². The molecule has 0 fully saturated rings. The average molecular weight is 346 g/mol. The average Bonchev–Trinajstić information content (AvgIpc) is 3.00. The number of anilines is 1. The number of ether oxygens (including phenoxy) is 1. The molecule has 0 aliphatic carbocycles. The number of carbonyl (C=O) groups is 1. The third-order valence-corrected chi connectivity index (χ3v) is 4.73. The van der Waals surface area contributed by atoms with Crippen molar-refractivity contribution in [2.75, 3.05) is 19.0 Å². The lowest BCUT2D eigenvalue weighted by Gasteiger charge is -2.30. The number of benzene rings is 1. The number of rotatable bonds is 6. The molecule has 0 aliphatic rings. The normalized spacial score (nSPS) is 12.7. The van der Waals surface area contributed by atoms with Crippen LogP contribution in [0.3, 0.4) is 0 Å². The van der Waals surface area contributed by atoms with Crippen molar-refractivity contribution in [1.29, 1.82) is 0 Å². The minimum atomic E-state index is -0.0790. The first-order valence-electron chi connectivity index (χ1n) is 8.02. The van der Waals surface area contributed by atoms with Gasteiger partial charge in [-0.2, -0.15) is 0 Å². The van der Waals surface area contributed by atoms with Gasteiger partial charge in [0.15, 0.2) is 0 Å². The van der Waals surface area contributed by atoms with Crippen LogP contribution in [-0.2, 0) is 4.79 Å². The standard InChI is InChI=1S/C19H26N2O2S/c1-13-8-9-15(23-5)14(11-13)21-17(22)12-20-18(19(2,3)4)16-7-6-10-24-16/h6-11,18,20H,12H2,1-5H3,(H,21,22). The van der Waals surface area contributed by atoms with Gasteiger partial charge in [0.1, 0.15) is 5.75 Å². The smallest absolute Gasteiger partial charge is 0.238 e. The van der Waals surface area contributed by atoms with Crippen LogP contribution in [0, 0.1) is 12.3 Å². The largest absolute Gasteiger partial charge is 0.495 e. The van der Waals surface area contributed by atoms with E-state index in [2.05, 4.69) is 42.9 Å². The number of hydrogen-bond acceptors (Lipinski definition) is 4. The molecule has 2 rings (SSSR count). The van der Waals surface area contributed by atoms with E-state index in [-0.39, 0.29) is 23.9 Å². The van der Waals surface area contributed by atoms with Crippen molar-refractivity contribution in [2.24, 2.45) is 5.41 Å². The molecular formula is C19H26N2O2S. The van der Waals surface area contributed by atoms with Crippen LogP contribution >= 0.6 is 11.3 Å². The summed E-state index contributed by atoms with van der Waals surface area (Å²) in [6.45, 7) is 8.75. The van der Waals surface area contributed by atoms with Gasteiger partial charge in [0, 0.05) is 10.9 Å². The van der Waals surface area contributed by atoms with Crippen molar-refractivity contribution >= 4 is 22.9 Å². The summed E-state index contributed by atoms with van der Waals surface area (Å²) in [5, 5.41) is 8.39. The summed E-state index contributed by atoms with van der Waals surface area (Å²) < 4.78 is 5.31. The number of thiophene rings is 1. The first-order valence-corrected chi connectivity index (χ1v) is 8.90. The third-order valence-electron chi connectivity index (χ3n) is 3.79. The van der Waals surface area contributed by atoms with Crippen molar-refractivity contribution < 1.29 is 9.53 Å². The number of hydrogen-bond donors (Lipinski definition) is 2. The van der Waals surface area contributed by atoms with E-state index in [4.69, 9.17) is 4.74 Å². The molecule has 1 unspecified atom stereocenters. The highest BCUT2D eigenvalue weighted by molar-refractivity contribution is 7.10. The summed E-state index contributed by atoms with van der Waals surface area (Å²) in [6, 6.07) is 10.0. The Morgan fingerprint density at radius 3 is 2.62 bits per heavy atom. The Balaban J connectivity index is 2.03. The van der Waals surface area contributed by atoms with E-state index in [0.29, 0.717) is 11.4 Å². The molecule has 0 bridgehead atoms. The van der Waals surface area contributed by atoms with Crippen LogP contribution in [0.4, 0.5) is 5.69 Å². The van der Waals surface area contributed by atoms with E-state index in [1.54, 1.807) is 18.4 Å². The Morgan fingerprint density at radius 2 is 2.04 bits per heavy atom. The predicted molar refractivity (Wildman–Crippen MR) is 101 cm³/mol. The van der Waals surface area contributed by atoms with Gasteiger partial charge in [0.25, 0.3) is 0 Å². The van der Waals surface area contributed by atoms with Crippen molar-refractivity contribution in [3.05, 3.63) is 46.2 Å². The second-order valence-electron chi connectivity index (χ2n) is 6.95. The zero-order valence-corrected chi connectivity index (χ0v) is 15.8. The van der Waals surface area contributed by atoms with Gasteiger partial charge in [-0.05, 0) is 41.5 Å². The Bertz CT molecular complexity index is 675. The molecule has 130 valence electrons. The molecule has 4 nitrogen and oxygen atoms in total. The lowest BCUT2D eigenvalue weighted by atomic mass is 9.86. The summed E-state index contributed by atoms with van der Waals surface area (Å²) in [5.41, 5.74) is 1.80. The summed E-state index contributed by atoms with van der Waals surface area (Å²) in [4.78, 5) is 13.6. The monoisotopic (exact) mass is 346 g/mol. The summed E-state index contributed by atoms with van der Waals surface area (Å²) >= 11 is 1.71. The Morgan fingerprint density at radius 1 is 1.29 bits per heavy atom. The highest BCUT2D eigenvalue weighted by Crippen LogP contribution is 2.35. The first kappa shape index (κ1) is 18.5. The maximum atomic E-state index is 12.4. The number of methoxy groups -OCH3 is 1. The lowest BCUT2D eigenvalue weighted by Crippen LogP contribution is -2.37. The highest BCUT2D eigenvalue weighted by atomic mass is 32.1. The molecule has 1 amide bonds. The van der Waals surface area contributed by atoms with E-state index in [1.807, 2.05) is 31.2 Å². The quantitative estimate of drug-likeness (QED) is 0.816. The van der Waals surface area contributed by atoms with Crippen LogP contribution in [0.25, 0.3) is 0 Å². The van der Waals surface area contributed by atoms with Crippen LogP contribution in [-0.4, -0.2) is 19.6 Å². The van der Waals surface area contributed by atoms with E-state index in [9.17, 15) is 4.79 Å². The van der Waals surface area contributed by atoms with Gasteiger partial charge in [-0.15, -0.1) is 11.3 Å².